The molecule has 78 valence electrons. The van der Waals surface area contributed by atoms with E-state index >= 15 is 0 Å². The maximum Gasteiger partial charge on any atom is 0.137 e. The van der Waals surface area contributed by atoms with Crippen molar-refractivity contribution in [2.75, 3.05) is 0 Å². The molecule has 1 heterocycles. The van der Waals surface area contributed by atoms with Crippen LogP contribution in [0.25, 0.3) is 6.08 Å². The maximum absolute atomic E-state index is 9.80. The molecule has 1 atom stereocenters. The lowest BCUT2D eigenvalue weighted by Gasteiger charge is -2.12. The Hall–Kier alpha value is -2.09. The molecule has 0 bridgehead atoms. The van der Waals surface area contributed by atoms with Crippen LogP contribution in [0.1, 0.15) is 22.6 Å². The second kappa shape index (κ2) is 3.49. The molecular formula is C14H11NO. The van der Waals surface area contributed by atoms with E-state index in [4.69, 9.17) is 0 Å². The molecule has 0 fully saturated rings. The molecule has 2 aromatic rings. The van der Waals surface area contributed by atoms with Crippen molar-refractivity contribution in [2.24, 2.45) is 0 Å². The number of aromatic hydroxyl groups is 1. The number of rotatable bonds is 1. The molecule has 0 saturated heterocycles. The molecule has 1 unspecified atom stereocenters. The first-order valence-corrected chi connectivity index (χ1v) is 5.26. The van der Waals surface area contributed by atoms with Crippen molar-refractivity contribution >= 4 is 6.08 Å². The number of fused-ring (bicyclic) bond motifs is 1. The lowest BCUT2D eigenvalue weighted by Crippen LogP contribution is -1.96. The predicted octanol–water partition coefficient (Wildman–Crippen LogP) is 2.95. The van der Waals surface area contributed by atoms with Crippen LogP contribution in [0.2, 0.25) is 0 Å². The number of pyridine rings is 1. The van der Waals surface area contributed by atoms with E-state index in [1.165, 1.54) is 17.3 Å². The van der Waals surface area contributed by atoms with E-state index in [9.17, 15) is 5.11 Å². The highest BCUT2D eigenvalue weighted by Gasteiger charge is 2.20. The van der Waals surface area contributed by atoms with Crippen LogP contribution in [0.3, 0.4) is 0 Å². The summed E-state index contributed by atoms with van der Waals surface area (Å²) in [5, 5.41) is 9.80. The van der Waals surface area contributed by atoms with Crippen molar-refractivity contribution in [3.05, 3.63) is 65.5 Å². The monoisotopic (exact) mass is 209 g/mol. The third-order valence-electron chi connectivity index (χ3n) is 2.97. The highest BCUT2D eigenvalue weighted by Crippen LogP contribution is 2.38. The summed E-state index contributed by atoms with van der Waals surface area (Å²) in [4.78, 5) is 3.90. The molecule has 16 heavy (non-hydrogen) atoms. The zero-order chi connectivity index (χ0) is 11.0. The lowest BCUT2D eigenvalue weighted by atomic mass is 9.93. The van der Waals surface area contributed by atoms with Crippen LogP contribution in [-0.2, 0) is 0 Å². The van der Waals surface area contributed by atoms with Gasteiger partial charge in [0.25, 0.3) is 0 Å². The first-order chi connectivity index (χ1) is 7.86. The van der Waals surface area contributed by atoms with Gasteiger partial charge >= 0.3 is 0 Å². The molecule has 0 radical (unpaired) electrons. The topological polar surface area (TPSA) is 33.1 Å². The first-order valence-electron chi connectivity index (χ1n) is 5.26. The van der Waals surface area contributed by atoms with Crippen molar-refractivity contribution in [3.8, 4) is 5.75 Å². The molecular weight excluding hydrogens is 198 g/mol. The fraction of sp³-hybridized carbons (Fsp3) is 0.0714. The van der Waals surface area contributed by atoms with Gasteiger partial charge in [0.05, 0.1) is 6.20 Å². The largest absolute Gasteiger partial charge is 0.506 e. The van der Waals surface area contributed by atoms with Gasteiger partial charge in [-0.1, -0.05) is 36.4 Å². The molecule has 2 nitrogen and oxygen atoms in total. The van der Waals surface area contributed by atoms with E-state index < -0.39 is 0 Å². The zero-order valence-corrected chi connectivity index (χ0v) is 8.67. The van der Waals surface area contributed by atoms with Crippen LogP contribution in [0.15, 0.2) is 48.8 Å². The summed E-state index contributed by atoms with van der Waals surface area (Å²) in [7, 11) is 0. The van der Waals surface area contributed by atoms with Gasteiger partial charge in [0.2, 0.25) is 0 Å². The Morgan fingerprint density at radius 2 is 1.94 bits per heavy atom. The first kappa shape index (κ1) is 9.16. The molecule has 1 aromatic heterocycles. The summed E-state index contributed by atoms with van der Waals surface area (Å²) in [5.74, 6) is 0.410. The van der Waals surface area contributed by atoms with Gasteiger partial charge in [-0.05, 0) is 17.2 Å². The van der Waals surface area contributed by atoms with Crippen LogP contribution in [-0.4, -0.2) is 10.1 Å². The summed E-state index contributed by atoms with van der Waals surface area (Å²) in [6.45, 7) is 0. The fourth-order valence-corrected chi connectivity index (χ4v) is 2.18. The van der Waals surface area contributed by atoms with Gasteiger partial charge in [-0.2, -0.15) is 0 Å². The van der Waals surface area contributed by atoms with E-state index in [0.29, 0.717) is 0 Å². The minimum atomic E-state index is 0.152. The van der Waals surface area contributed by atoms with Crippen LogP contribution >= 0.6 is 0 Å². The fourth-order valence-electron chi connectivity index (χ4n) is 2.18. The van der Waals surface area contributed by atoms with E-state index in [2.05, 4.69) is 29.3 Å². The highest BCUT2D eigenvalue weighted by atomic mass is 16.3. The number of benzene rings is 1. The van der Waals surface area contributed by atoms with Gasteiger partial charge in [0.15, 0.2) is 0 Å². The van der Waals surface area contributed by atoms with Crippen molar-refractivity contribution < 1.29 is 5.11 Å². The molecule has 0 saturated carbocycles. The number of hydrogen-bond donors (Lipinski definition) is 1. The maximum atomic E-state index is 9.80. The van der Waals surface area contributed by atoms with E-state index in [-0.39, 0.29) is 11.7 Å². The minimum Gasteiger partial charge on any atom is -0.506 e. The smallest absolute Gasteiger partial charge is 0.137 e. The minimum absolute atomic E-state index is 0.152. The zero-order valence-electron chi connectivity index (χ0n) is 8.67. The SMILES string of the molecule is Oc1cnccc1C1C=Cc2ccccc21. The lowest BCUT2D eigenvalue weighted by molar-refractivity contribution is 0.465. The van der Waals surface area contributed by atoms with E-state index in [1.807, 2.05) is 18.2 Å². The summed E-state index contributed by atoms with van der Waals surface area (Å²) in [6, 6.07) is 10.1. The summed E-state index contributed by atoms with van der Waals surface area (Å²) in [6.07, 6.45) is 7.41. The van der Waals surface area contributed by atoms with Crippen molar-refractivity contribution in [1.29, 1.82) is 0 Å². The molecule has 1 N–H and O–H groups in total. The van der Waals surface area contributed by atoms with Crippen molar-refractivity contribution in [2.45, 2.75) is 5.92 Å². The third-order valence-corrected chi connectivity index (χ3v) is 2.97. The standard InChI is InChI=1S/C14H11NO/c16-14-9-15-8-7-13(14)12-6-5-10-3-1-2-4-11(10)12/h1-9,12,16H. The third kappa shape index (κ3) is 1.31. The van der Waals surface area contributed by atoms with Gasteiger partial charge in [-0.3, -0.25) is 4.98 Å². The Bertz CT molecular complexity index is 560. The van der Waals surface area contributed by atoms with Gasteiger partial charge in [0.1, 0.15) is 5.75 Å². The van der Waals surface area contributed by atoms with Crippen LogP contribution in [0, 0.1) is 0 Å². The van der Waals surface area contributed by atoms with Gasteiger partial charge in [-0.25, -0.2) is 0 Å². The predicted molar refractivity (Wildman–Crippen MR) is 63.2 cm³/mol. The second-order valence-corrected chi connectivity index (χ2v) is 3.90. The summed E-state index contributed by atoms with van der Waals surface area (Å²) in [5.41, 5.74) is 3.38. The molecule has 2 heteroatoms. The molecule has 0 aliphatic heterocycles. The van der Waals surface area contributed by atoms with Crippen LogP contribution in [0.4, 0.5) is 0 Å². The average molecular weight is 209 g/mol. The van der Waals surface area contributed by atoms with E-state index in [0.717, 1.165) is 5.56 Å². The van der Waals surface area contributed by atoms with Crippen molar-refractivity contribution in [1.82, 2.24) is 4.98 Å². The molecule has 1 aliphatic rings. The van der Waals surface area contributed by atoms with E-state index in [1.54, 1.807) is 6.20 Å². The normalized spacial score (nSPS) is 17.4. The Balaban J connectivity index is 2.12. The summed E-state index contributed by atoms with van der Waals surface area (Å²) >= 11 is 0. The second-order valence-electron chi connectivity index (χ2n) is 3.90. The molecule has 0 amide bonds. The average Bonchev–Trinajstić information content (AvgIpc) is 2.74. The summed E-state index contributed by atoms with van der Waals surface area (Å²) < 4.78 is 0. The van der Waals surface area contributed by atoms with Gasteiger partial charge < -0.3 is 5.11 Å². The highest BCUT2D eigenvalue weighted by molar-refractivity contribution is 5.66. The number of allylic oxidation sites excluding steroid dienone is 1. The Morgan fingerprint density at radius 1 is 1.06 bits per heavy atom. The van der Waals surface area contributed by atoms with Crippen LogP contribution < -0.4 is 0 Å². The molecule has 0 spiro atoms. The molecule has 3 rings (SSSR count). The Morgan fingerprint density at radius 3 is 2.81 bits per heavy atom. The van der Waals surface area contributed by atoms with Crippen LogP contribution in [0.5, 0.6) is 5.75 Å². The van der Waals surface area contributed by atoms with Gasteiger partial charge in [0, 0.05) is 17.7 Å². The van der Waals surface area contributed by atoms with Crippen molar-refractivity contribution in [3.63, 3.8) is 0 Å². The Labute approximate surface area is 93.9 Å². The van der Waals surface area contributed by atoms with Gasteiger partial charge in [-0.15, -0.1) is 0 Å². The quantitative estimate of drug-likeness (QED) is 0.783. The Kier molecular flexibility index (Phi) is 2.00. The molecule has 1 aliphatic carbocycles. The number of aromatic nitrogens is 1. The molecule has 1 aromatic carbocycles. The number of nitrogens with zero attached hydrogens (tertiary/aromatic N) is 1. The number of hydrogen-bond acceptors (Lipinski definition) is 2.